The van der Waals surface area contributed by atoms with Crippen molar-refractivity contribution in [3.8, 4) is 0 Å². The van der Waals surface area contributed by atoms with E-state index in [0.29, 0.717) is 0 Å². The molecule has 1 aliphatic heterocycles. The molecule has 44 valence electrons. The quantitative estimate of drug-likeness (QED) is 0.457. The predicted octanol–water partition coefficient (Wildman–Crippen LogP) is 1.61. The van der Waals surface area contributed by atoms with Gasteiger partial charge in [0.05, 0.1) is 6.42 Å². The zero-order chi connectivity index (χ0) is 6.04. The minimum absolute atomic E-state index is 0.260. The van der Waals surface area contributed by atoms with Gasteiger partial charge in [-0.15, -0.1) is 0 Å². The van der Waals surface area contributed by atoms with Gasteiger partial charge in [-0.05, 0) is 0 Å². The van der Waals surface area contributed by atoms with Crippen LogP contribution in [-0.2, 0) is 0 Å². The van der Waals surface area contributed by atoms with E-state index in [1.807, 2.05) is 0 Å². The van der Waals surface area contributed by atoms with Gasteiger partial charge in [-0.1, -0.05) is 0 Å². The van der Waals surface area contributed by atoms with Crippen LogP contribution in [-0.4, -0.2) is 12.1 Å². The highest BCUT2D eigenvalue weighted by molar-refractivity contribution is 5.61. The molecule has 0 saturated heterocycles. The van der Waals surface area contributed by atoms with Crippen LogP contribution in [0.5, 0.6) is 0 Å². The van der Waals surface area contributed by atoms with Crippen molar-refractivity contribution in [3.63, 3.8) is 0 Å². The Kier molecular flexibility index (Phi) is 1.12. The summed E-state index contributed by atoms with van der Waals surface area (Å²) in [7, 11) is 0. The van der Waals surface area contributed by atoms with E-state index in [1.54, 1.807) is 0 Å². The van der Waals surface area contributed by atoms with Gasteiger partial charge in [-0.2, -0.15) is 0 Å². The molecule has 0 atom stereocenters. The number of alkyl halides is 2. The first kappa shape index (κ1) is 5.41. The van der Waals surface area contributed by atoms with E-state index in [9.17, 15) is 8.78 Å². The summed E-state index contributed by atoms with van der Waals surface area (Å²) in [5, 5.41) is 0. The molecule has 0 N–H and O–H groups in total. The third kappa shape index (κ3) is 1.12. The van der Waals surface area contributed by atoms with Crippen LogP contribution < -0.4 is 0 Å². The fourth-order valence-corrected chi connectivity index (χ4v) is 0.455. The molecule has 0 aromatic carbocycles. The van der Waals surface area contributed by atoms with Gasteiger partial charge in [0.25, 0.3) is 5.92 Å². The Morgan fingerprint density at radius 2 is 2.25 bits per heavy atom. The van der Waals surface area contributed by atoms with Crippen molar-refractivity contribution >= 4 is 6.21 Å². The molecule has 1 heterocycles. The van der Waals surface area contributed by atoms with E-state index in [0.717, 1.165) is 12.3 Å². The van der Waals surface area contributed by atoms with Crippen LogP contribution in [0.25, 0.3) is 0 Å². The van der Waals surface area contributed by atoms with Gasteiger partial charge in [0, 0.05) is 18.5 Å². The smallest absolute Gasteiger partial charge is 0.269 e. The van der Waals surface area contributed by atoms with Crippen molar-refractivity contribution in [2.75, 3.05) is 0 Å². The molecule has 1 nitrogen and oxygen atoms in total. The second-order valence-electron chi connectivity index (χ2n) is 1.61. The van der Waals surface area contributed by atoms with Crippen molar-refractivity contribution < 1.29 is 8.78 Å². The molecule has 1 aliphatic rings. The van der Waals surface area contributed by atoms with E-state index in [-0.39, 0.29) is 6.42 Å². The fraction of sp³-hybridized carbons (Fsp3) is 0.400. The van der Waals surface area contributed by atoms with Crippen LogP contribution >= 0.6 is 0 Å². The van der Waals surface area contributed by atoms with Gasteiger partial charge in [-0.25, -0.2) is 8.78 Å². The number of aliphatic imine (C=N–C) groups is 1. The van der Waals surface area contributed by atoms with Crippen molar-refractivity contribution in [2.45, 2.75) is 12.3 Å². The van der Waals surface area contributed by atoms with Crippen LogP contribution in [0.1, 0.15) is 6.42 Å². The minimum Gasteiger partial charge on any atom is -0.269 e. The number of halogens is 2. The highest BCUT2D eigenvalue weighted by Gasteiger charge is 2.24. The minimum atomic E-state index is -2.65. The summed E-state index contributed by atoms with van der Waals surface area (Å²) < 4.78 is 24.1. The van der Waals surface area contributed by atoms with E-state index in [1.165, 1.54) is 6.21 Å². The molecule has 3 heteroatoms. The predicted molar refractivity (Wildman–Crippen MR) is 27.2 cm³/mol. The third-order valence-electron chi connectivity index (χ3n) is 0.873. The van der Waals surface area contributed by atoms with E-state index >= 15 is 0 Å². The van der Waals surface area contributed by atoms with Gasteiger partial charge in [0.1, 0.15) is 0 Å². The zero-order valence-corrected chi connectivity index (χ0v) is 4.14. The number of hydrogen-bond donors (Lipinski definition) is 0. The summed E-state index contributed by atoms with van der Waals surface area (Å²) in [4.78, 5) is 3.49. The van der Waals surface area contributed by atoms with Crippen molar-refractivity contribution in [2.24, 2.45) is 4.99 Å². The number of nitrogens with zero attached hydrogens (tertiary/aromatic N) is 1. The summed E-state index contributed by atoms with van der Waals surface area (Å²) in [5.74, 6) is -2.65. The van der Waals surface area contributed by atoms with Crippen LogP contribution in [0.15, 0.2) is 17.3 Å². The van der Waals surface area contributed by atoms with E-state index < -0.39 is 5.92 Å². The molecule has 0 fully saturated rings. The molecule has 1 rings (SSSR count). The highest BCUT2D eigenvalue weighted by atomic mass is 19.3. The Hall–Kier alpha value is -0.730. The molecule has 0 saturated carbocycles. The second kappa shape index (κ2) is 1.65. The van der Waals surface area contributed by atoms with Gasteiger partial charge in [0.15, 0.2) is 0 Å². The fourth-order valence-electron chi connectivity index (χ4n) is 0.455. The largest absolute Gasteiger partial charge is 0.273 e. The molecule has 0 spiro atoms. The Balaban J connectivity index is 2.65. The number of hydrogen-bond acceptors (Lipinski definition) is 1. The average Bonchev–Trinajstić information content (AvgIpc) is 1.65. The standard InChI is InChI=1S/C5H5F2N/c6-5(7)1-3-8-4-2-5/h1,3-4H,2H2. The lowest BCUT2D eigenvalue weighted by Crippen LogP contribution is -2.13. The summed E-state index contributed by atoms with van der Waals surface area (Å²) in [6, 6.07) is 0. The van der Waals surface area contributed by atoms with Crippen molar-refractivity contribution in [1.29, 1.82) is 0 Å². The normalized spacial score (nSPS) is 23.8. The average molecular weight is 117 g/mol. The Morgan fingerprint density at radius 1 is 1.50 bits per heavy atom. The second-order valence-corrected chi connectivity index (χ2v) is 1.61. The molecule has 0 radical (unpaired) electrons. The summed E-state index contributed by atoms with van der Waals surface area (Å²) in [5.41, 5.74) is 0. The first-order valence-electron chi connectivity index (χ1n) is 2.28. The summed E-state index contributed by atoms with van der Waals surface area (Å²) in [6.45, 7) is 0. The molecule has 0 aromatic rings. The topological polar surface area (TPSA) is 12.4 Å². The summed E-state index contributed by atoms with van der Waals surface area (Å²) in [6.07, 6.45) is 2.86. The molecule has 0 aromatic heterocycles. The first-order valence-corrected chi connectivity index (χ1v) is 2.28. The Labute approximate surface area is 45.7 Å². The van der Waals surface area contributed by atoms with Gasteiger partial charge < -0.3 is 0 Å². The lowest BCUT2D eigenvalue weighted by molar-refractivity contribution is 0.0634. The monoisotopic (exact) mass is 117 g/mol. The highest BCUT2D eigenvalue weighted by Crippen LogP contribution is 2.20. The maximum atomic E-state index is 12.0. The van der Waals surface area contributed by atoms with Gasteiger partial charge in [0.2, 0.25) is 0 Å². The third-order valence-corrected chi connectivity index (χ3v) is 0.873. The lowest BCUT2D eigenvalue weighted by Gasteiger charge is -2.08. The maximum absolute atomic E-state index is 12.0. The van der Waals surface area contributed by atoms with Crippen molar-refractivity contribution in [3.05, 3.63) is 12.3 Å². The molecule has 0 amide bonds. The van der Waals surface area contributed by atoms with Crippen LogP contribution in [0.2, 0.25) is 0 Å². The van der Waals surface area contributed by atoms with Gasteiger partial charge in [-0.3, -0.25) is 4.99 Å². The molecule has 0 bridgehead atoms. The molecular weight excluding hydrogens is 112 g/mol. The van der Waals surface area contributed by atoms with Crippen molar-refractivity contribution in [1.82, 2.24) is 0 Å². The van der Waals surface area contributed by atoms with Crippen LogP contribution in [0, 0.1) is 0 Å². The Bertz CT molecular complexity index is 137. The van der Waals surface area contributed by atoms with Gasteiger partial charge >= 0.3 is 0 Å². The summed E-state index contributed by atoms with van der Waals surface area (Å²) >= 11 is 0. The van der Waals surface area contributed by atoms with Crippen LogP contribution in [0.3, 0.4) is 0 Å². The molecule has 0 aliphatic carbocycles. The number of allylic oxidation sites excluding steroid dienone is 1. The number of rotatable bonds is 0. The SMILES string of the molecule is FC1(F)C=CN=CC1. The Morgan fingerprint density at radius 3 is 2.50 bits per heavy atom. The van der Waals surface area contributed by atoms with E-state index in [2.05, 4.69) is 4.99 Å². The van der Waals surface area contributed by atoms with E-state index in [4.69, 9.17) is 0 Å². The lowest BCUT2D eigenvalue weighted by atomic mass is 10.2. The van der Waals surface area contributed by atoms with Crippen LogP contribution in [0.4, 0.5) is 8.78 Å². The molecular formula is C5H5F2N. The maximum Gasteiger partial charge on any atom is 0.273 e. The molecule has 0 unspecified atom stereocenters. The first-order chi connectivity index (χ1) is 3.71. The molecule has 8 heavy (non-hydrogen) atoms. The zero-order valence-electron chi connectivity index (χ0n) is 4.14.